The van der Waals surface area contributed by atoms with Gasteiger partial charge in [-0.1, -0.05) is 11.6 Å². The first-order valence-corrected chi connectivity index (χ1v) is 6.98. The van der Waals surface area contributed by atoms with Gasteiger partial charge in [0.1, 0.15) is 4.90 Å². The van der Waals surface area contributed by atoms with Gasteiger partial charge in [-0.25, -0.2) is 13.1 Å². The minimum Gasteiger partial charge on any atom is -0.263 e. The smallest absolute Gasteiger partial charge is 0.243 e. The maximum Gasteiger partial charge on any atom is 0.243 e. The maximum absolute atomic E-state index is 12.0. The number of hydrogen-bond acceptors (Lipinski definition) is 3. The summed E-state index contributed by atoms with van der Waals surface area (Å²) in [6.07, 6.45) is 4.91. The SMILES string of the molecule is CC(NS(=O)(=O)c1cnccc1Cl)C1CC1. The zero-order valence-electron chi connectivity index (χ0n) is 8.85. The van der Waals surface area contributed by atoms with Crippen molar-refractivity contribution in [3.05, 3.63) is 23.5 Å². The standard InChI is InChI=1S/C10H13ClN2O2S/c1-7(8-2-3-8)13-16(14,15)10-6-12-5-4-9(10)11/h4-8,13H,2-3H2,1H3. The second-order valence-electron chi connectivity index (χ2n) is 4.05. The van der Waals surface area contributed by atoms with Gasteiger partial charge in [0.25, 0.3) is 0 Å². The third-order valence-corrected chi connectivity index (χ3v) is 4.72. The van der Waals surface area contributed by atoms with E-state index in [9.17, 15) is 8.42 Å². The number of nitrogens with zero attached hydrogens (tertiary/aromatic N) is 1. The Morgan fingerprint density at radius 1 is 1.56 bits per heavy atom. The molecule has 1 aromatic heterocycles. The zero-order chi connectivity index (χ0) is 11.8. The molecule has 2 rings (SSSR count). The number of sulfonamides is 1. The van der Waals surface area contributed by atoms with Crippen LogP contribution < -0.4 is 4.72 Å². The van der Waals surface area contributed by atoms with Crippen LogP contribution in [0.5, 0.6) is 0 Å². The second-order valence-corrected chi connectivity index (χ2v) is 6.14. The van der Waals surface area contributed by atoms with Crippen molar-refractivity contribution in [2.45, 2.75) is 30.7 Å². The van der Waals surface area contributed by atoms with Crippen LogP contribution in [0.3, 0.4) is 0 Å². The highest BCUT2D eigenvalue weighted by atomic mass is 35.5. The van der Waals surface area contributed by atoms with E-state index in [1.165, 1.54) is 18.5 Å². The number of rotatable bonds is 4. The van der Waals surface area contributed by atoms with Crippen LogP contribution in [0.25, 0.3) is 0 Å². The summed E-state index contributed by atoms with van der Waals surface area (Å²) >= 11 is 5.83. The third-order valence-electron chi connectivity index (χ3n) is 2.69. The van der Waals surface area contributed by atoms with Gasteiger partial charge in [-0.05, 0) is 31.7 Å². The summed E-state index contributed by atoms with van der Waals surface area (Å²) in [6, 6.07) is 1.43. The van der Waals surface area contributed by atoms with E-state index >= 15 is 0 Å². The summed E-state index contributed by atoms with van der Waals surface area (Å²) in [5.74, 6) is 0.463. The van der Waals surface area contributed by atoms with Crippen LogP contribution in [0.1, 0.15) is 19.8 Å². The summed E-state index contributed by atoms with van der Waals surface area (Å²) in [5, 5.41) is 0.200. The van der Waals surface area contributed by atoms with Crippen molar-refractivity contribution in [3.8, 4) is 0 Å². The summed E-state index contributed by atoms with van der Waals surface area (Å²) in [6.45, 7) is 1.87. The Labute approximate surface area is 100 Å². The highest BCUT2D eigenvalue weighted by Crippen LogP contribution is 2.33. The summed E-state index contributed by atoms with van der Waals surface area (Å²) < 4.78 is 26.5. The summed E-state index contributed by atoms with van der Waals surface area (Å²) in [5.41, 5.74) is 0. The first kappa shape index (κ1) is 11.8. The van der Waals surface area contributed by atoms with Crippen molar-refractivity contribution >= 4 is 21.6 Å². The van der Waals surface area contributed by atoms with Crippen molar-refractivity contribution in [2.24, 2.45) is 5.92 Å². The quantitative estimate of drug-likeness (QED) is 0.898. The zero-order valence-corrected chi connectivity index (χ0v) is 10.4. The highest BCUT2D eigenvalue weighted by molar-refractivity contribution is 7.89. The molecule has 0 radical (unpaired) electrons. The minimum absolute atomic E-state index is 0.0405. The van der Waals surface area contributed by atoms with Crippen LogP contribution in [0.15, 0.2) is 23.4 Å². The number of halogens is 1. The van der Waals surface area contributed by atoms with Crippen LogP contribution >= 0.6 is 11.6 Å². The molecule has 0 aromatic carbocycles. The fourth-order valence-corrected chi connectivity index (χ4v) is 3.30. The van der Waals surface area contributed by atoms with E-state index < -0.39 is 10.0 Å². The number of hydrogen-bond donors (Lipinski definition) is 1. The molecular formula is C10H13ClN2O2S. The third kappa shape index (κ3) is 2.53. The molecule has 0 bridgehead atoms. The topological polar surface area (TPSA) is 59.1 Å². The second kappa shape index (κ2) is 4.31. The molecule has 1 unspecified atom stereocenters. The molecule has 1 aliphatic rings. The van der Waals surface area contributed by atoms with Crippen molar-refractivity contribution < 1.29 is 8.42 Å². The number of aromatic nitrogens is 1. The lowest BCUT2D eigenvalue weighted by molar-refractivity contribution is 0.538. The molecule has 1 heterocycles. The van der Waals surface area contributed by atoms with E-state index in [0.717, 1.165) is 12.8 Å². The molecule has 0 amide bonds. The van der Waals surface area contributed by atoms with Crippen LogP contribution in [0, 0.1) is 5.92 Å². The molecule has 0 aliphatic heterocycles. The van der Waals surface area contributed by atoms with E-state index in [1.807, 2.05) is 6.92 Å². The Hall–Kier alpha value is -0.650. The lowest BCUT2D eigenvalue weighted by Crippen LogP contribution is -2.34. The van der Waals surface area contributed by atoms with Crippen LogP contribution in [-0.2, 0) is 10.0 Å². The van der Waals surface area contributed by atoms with Crippen molar-refractivity contribution in [1.29, 1.82) is 0 Å². The fraction of sp³-hybridized carbons (Fsp3) is 0.500. The summed E-state index contributed by atoms with van der Waals surface area (Å²) in [7, 11) is -3.54. The largest absolute Gasteiger partial charge is 0.263 e. The average Bonchev–Trinajstić information content (AvgIpc) is 3.00. The first-order valence-electron chi connectivity index (χ1n) is 5.12. The Bertz CT molecular complexity index is 485. The van der Waals surface area contributed by atoms with E-state index in [-0.39, 0.29) is 16.0 Å². The van der Waals surface area contributed by atoms with Crippen LogP contribution in [-0.4, -0.2) is 19.4 Å². The molecular weight excluding hydrogens is 248 g/mol. The Kier molecular flexibility index (Phi) is 3.19. The number of nitrogens with one attached hydrogen (secondary N) is 1. The predicted octanol–water partition coefficient (Wildman–Crippen LogP) is 1.81. The molecule has 88 valence electrons. The Morgan fingerprint density at radius 2 is 2.25 bits per heavy atom. The van der Waals surface area contributed by atoms with Gasteiger partial charge < -0.3 is 0 Å². The van der Waals surface area contributed by atoms with E-state index in [4.69, 9.17) is 11.6 Å². The molecule has 1 N–H and O–H groups in total. The molecule has 16 heavy (non-hydrogen) atoms. The normalized spacial score (nSPS) is 18.4. The molecule has 0 saturated heterocycles. The van der Waals surface area contributed by atoms with E-state index in [1.54, 1.807) is 0 Å². The van der Waals surface area contributed by atoms with Gasteiger partial charge in [-0.3, -0.25) is 4.98 Å². The van der Waals surface area contributed by atoms with Crippen LogP contribution in [0.4, 0.5) is 0 Å². The van der Waals surface area contributed by atoms with Gasteiger partial charge in [0, 0.05) is 18.4 Å². The molecule has 0 spiro atoms. The number of pyridine rings is 1. The van der Waals surface area contributed by atoms with Gasteiger partial charge in [0.05, 0.1) is 5.02 Å². The van der Waals surface area contributed by atoms with Gasteiger partial charge in [0.15, 0.2) is 0 Å². The molecule has 1 saturated carbocycles. The lowest BCUT2D eigenvalue weighted by atomic mass is 10.2. The van der Waals surface area contributed by atoms with E-state index in [0.29, 0.717) is 5.92 Å². The van der Waals surface area contributed by atoms with Gasteiger partial charge in [-0.2, -0.15) is 0 Å². The Morgan fingerprint density at radius 3 is 2.81 bits per heavy atom. The first-order chi connectivity index (χ1) is 7.50. The van der Waals surface area contributed by atoms with Crippen molar-refractivity contribution in [1.82, 2.24) is 9.71 Å². The summed E-state index contributed by atoms with van der Waals surface area (Å²) in [4.78, 5) is 3.82. The predicted molar refractivity (Wildman–Crippen MR) is 61.8 cm³/mol. The van der Waals surface area contributed by atoms with Crippen molar-refractivity contribution in [3.63, 3.8) is 0 Å². The van der Waals surface area contributed by atoms with Crippen LogP contribution in [0.2, 0.25) is 5.02 Å². The van der Waals surface area contributed by atoms with Gasteiger partial charge in [-0.15, -0.1) is 0 Å². The maximum atomic E-state index is 12.0. The lowest BCUT2D eigenvalue weighted by Gasteiger charge is -2.13. The molecule has 1 aromatic rings. The van der Waals surface area contributed by atoms with Gasteiger partial charge in [0.2, 0.25) is 10.0 Å². The molecule has 1 aliphatic carbocycles. The highest BCUT2D eigenvalue weighted by Gasteiger charge is 2.31. The molecule has 1 fully saturated rings. The minimum atomic E-state index is -3.54. The molecule has 4 nitrogen and oxygen atoms in total. The fourth-order valence-electron chi connectivity index (χ4n) is 1.56. The van der Waals surface area contributed by atoms with Crippen molar-refractivity contribution in [2.75, 3.05) is 0 Å². The Balaban J connectivity index is 2.21. The average molecular weight is 261 g/mol. The van der Waals surface area contributed by atoms with Gasteiger partial charge >= 0.3 is 0 Å². The molecule has 6 heteroatoms. The van der Waals surface area contributed by atoms with E-state index in [2.05, 4.69) is 9.71 Å². The molecule has 1 atom stereocenters. The monoisotopic (exact) mass is 260 g/mol.